The topological polar surface area (TPSA) is 28.2 Å². The summed E-state index contributed by atoms with van der Waals surface area (Å²) >= 11 is 0. The van der Waals surface area contributed by atoms with E-state index in [-0.39, 0.29) is 5.54 Å². The standard InChI is InChI=1S/C18H31N3/c1-14(2)15-7-10-21(11-8-15)17-6-9-19-12-16(17)13-20-18(3,4)5/h6,9,12,14-15,20H,7-8,10-11,13H2,1-5H3. The summed E-state index contributed by atoms with van der Waals surface area (Å²) in [6.07, 6.45) is 6.56. The van der Waals surface area contributed by atoms with Gasteiger partial charge in [-0.3, -0.25) is 4.98 Å². The van der Waals surface area contributed by atoms with Gasteiger partial charge in [0, 0.05) is 48.8 Å². The van der Waals surface area contributed by atoms with Crippen LogP contribution >= 0.6 is 0 Å². The lowest BCUT2D eigenvalue weighted by Crippen LogP contribution is -2.38. The van der Waals surface area contributed by atoms with Gasteiger partial charge in [0.15, 0.2) is 0 Å². The van der Waals surface area contributed by atoms with Crippen LogP contribution < -0.4 is 10.2 Å². The van der Waals surface area contributed by atoms with E-state index in [0.717, 1.165) is 18.4 Å². The molecule has 1 N–H and O–H groups in total. The Bertz CT molecular complexity index is 440. The Morgan fingerprint density at radius 1 is 1.29 bits per heavy atom. The smallest absolute Gasteiger partial charge is 0.0442 e. The third-order valence-electron chi connectivity index (χ3n) is 4.51. The molecule has 2 heterocycles. The van der Waals surface area contributed by atoms with E-state index in [1.807, 2.05) is 12.4 Å². The minimum absolute atomic E-state index is 0.137. The summed E-state index contributed by atoms with van der Waals surface area (Å²) in [6.45, 7) is 14.6. The zero-order valence-electron chi connectivity index (χ0n) is 14.3. The molecule has 2 rings (SSSR count). The van der Waals surface area contributed by atoms with Gasteiger partial charge in [-0.1, -0.05) is 13.8 Å². The summed E-state index contributed by atoms with van der Waals surface area (Å²) in [7, 11) is 0. The fraction of sp³-hybridized carbons (Fsp3) is 0.722. The first-order chi connectivity index (χ1) is 9.87. The van der Waals surface area contributed by atoms with Gasteiger partial charge in [-0.2, -0.15) is 0 Å². The third-order valence-corrected chi connectivity index (χ3v) is 4.51. The number of hydrogen-bond donors (Lipinski definition) is 1. The van der Waals surface area contributed by atoms with Crippen LogP contribution in [0.15, 0.2) is 18.5 Å². The second kappa shape index (κ2) is 6.78. The van der Waals surface area contributed by atoms with E-state index < -0.39 is 0 Å². The van der Waals surface area contributed by atoms with Gasteiger partial charge in [-0.15, -0.1) is 0 Å². The Balaban J connectivity index is 2.03. The van der Waals surface area contributed by atoms with Crippen molar-refractivity contribution in [1.82, 2.24) is 10.3 Å². The highest BCUT2D eigenvalue weighted by Gasteiger charge is 2.23. The van der Waals surface area contributed by atoms with E-state index in [2.05, 4.69) is 55.9 Å². The van der Waals surface area contributed by atoms with E-state index in [1.165, 1.54) is 37.2 Å². The van der Waals surface area contributed by atoms with Gasteiger partial charge in [0.1, 0.15) is 0 Å². The molecule has 1 aromatic rings. The molecular formula is C18H31N3. The normalized spacial score (nSPS) is 17.5. The Labute approximate surface area is 130 Å². The van der Waals surface area contributed by atoms with E-state index in [1.54, 1.807) is 0 Å². The van der Waals surface area contributed by atoms with Crippen molar-refractivity contribution >= 4 is 5.69 Å². The lowest BCUT2D eigenvalue weighted by Gasteiger charge is -2.36. The predicted octanol–water partition coefficient (Wildman–Crippen LogP) is 3.84. The summed E-state index contributed by atoms with van der Waals surface area (Å²) in [5, 5.41) is 3.58. The van der Waals surface area contributed by atoms with E-state index in [4.69, 9.17) is 0 Å². The number of aromatic nitrogens is 1. The van der Waals surface area contributed by atoms with Crippen LogP contribution in [-0.2, 0) is 6.54 Å². The van der Waals surface area contributed by atoms with Crippen LogP contribution in [0.3, 0.4) is 0 Å². The van der Waals surface area contributed by atoms with E-state index >= 15 is 0 Å². The van der Waals surface area contributed by atoms with Crippen molar-refractivity contribution in [3.63, 3.8) is 0 Å². The van der Waals surface area contributed by atoms with Crippen LogP contribution in [0.25, 0.3) is 0 Å². The molecule has 0 spiro atoms. The highest BCUT2D eigenvalue weighted by molar-refractivity contribution is 5.52. The van der Waals surface area contributed by atoms with Gasteiger partial charge in [-0.25, -0.2) is 0 Å². The monoisotopic (exact) mass is 289 g/mol. The lowest BCUT2D eigenvalue weighted by molar-refractivity contribution is 0.311. The second-order valence-electron chi connectivity index (χ2n) is 7.68. The minimum Gasteiger partial charge on any atom is -0.371 e. The first-order valence-corrected chi connectivity index (χ1v) is 8.29. The summed E-state index contributed by atoms with van der Waals surface area (Å²) in [6, 6.07) is 2.18. The third kappa shape index (κ3) is 4.70. The predicted molar refractivity (Wildman–Crippen MR) is 90.6 cm³/mol. The molecule has 1 fully saturated rings. The average molecular weight is 289 g/mol. The molecule has 0 bridgehead atoms. The molecule has 1 aliphatic rings. The van der Waals surface area contributed by atoms with Crippen LogP contribution in [0.5, 0.6) is 0 Å². The molecule has 0 aliphatic carbocycles. The number of nitrogens with zero attached hydrogens (tertiary/aromatic N) is 2. The summed E-state index contributed by atoms with van der Waals surface area (Å²) in [4.78, 5) is 6.86. The number of anilines is 1. The molecule has 0 aromatic carbocycles. The fourth-order valence-electron chi connectivity index (χ4n) is 3.03. The van der Waals surface area contributed by atoms with Crippen LogP contribution in [0.2, 0.25) is 0 Å². The summed E-state index contributed by atoms with van der Waals surface area (Å²) < 4.78 is 0. The number of pyridine rings is 1. The van der Waals surface area contributed by atoms with Gasteiger partial charge in [0.2, 0.25) is 0 Å². The Morgan fingerprint density at radius 2 is 1.95 bits per heavy atom. The summed E-state index contributed by atoms with van der Waals surface area (Å²) in [5.41, 5.74) is 2.82. The minimum atomic E-state index is 0.137. The molecule has 21 heavy (non-hydrogen) atoms. The maximum Gasteiger partial charge on any atom is 0.0442 e. The molecule has 0 atom stereocenters. The molecule has 0 unspecified atom stereocenters. The Kier molecular flexibility index (Phi) is 5.26. The maximum atomic E-state index is 4.32. The van der Waals surface area contributed by atoms with E-state index in [9.17, 15) is 0 Å². The van der Waals surface area contributed by atoms with Crippen molar-refractivity contribution < 1.29 is 0 Å². The number of hydrogen-bond acceptors (Lipinski definition) is 3. The Morgan fingerprint density at radius 3 is 2.52 bits per heavy atom. The van der Waals surface area contributed by atoms with Gasteiger partial charge in [-0.05, 0) is 51.5 Å². The Hall–Kier alpha value is -1.09. The zero-order chi connectivity index (χ0) is 15.5. The molecule has 0 saturated carbocycles. The molecule has 1 saturated heterocycles. The number of piperidine rings is 1. The molecule has 3 heteroatoms. The largest absolute Gasteiger partial charge is 0.371 e. The first kappa shape index (κ1) is 16.3. The van der Waals surface area contributed by atoms with Crippen LogP contribution in [0.4, 0.5) is 5.69 Å². The molecule has 0 amide bonds. The van der Waals surface area contributed by atoms with E-state index in [0.29, 0.717) is 0 Å². The molecular weight excluding hydrogens is 258 g/mol. The molecule has 118 valence electrons. The van der Waals surface area contributed by atoms with Gasteiger partial charge in [0.25, 0.3) is 0 Å². The SMILES string of the molecule is CC(C)C1CCN(c2ccncc2CNC(C)(C)C)CC1. The van der Waals surface area contributed by atoms with Crippen molar-refractivity contribution in [3.8, 4) is 0 Å². The van der Waals surface area contributed by atoms with Gasteiger partial charge >= 0.3 is 0 Å². The molecule has 0 radical (unpaired) electrons. The van der Waals surface area contributed by atoms with Crippen molar-refractivity contribution in [3.05, 3.63) is 24.0 Å². The zero-order valence-corrected chi connectivity index (χ0v) is 14.3. The quantitative estimate of drug-likeness (QED) is 0.912. The average Bonchev–Trinajstić information content (AvgIpc) is 2.45. The van der Waals surface area contributed by atoms with Gasteiger partial charge < -0.3 is 10.2 Å². The number of rotatable bonds is 4. The second-order valence-corrected chi connectivity index (χ2v) is 7.68. The first-order valence-electron chi connectivity index (χ1n) is 8.29. The maximum absolute atomic E-state index is 4.32. The van der Waals surface area contributed by atoms with Crippen LogP contribution in [0.1, 0.15) is 53.0 Å². The highest BCUT2D eigenvalue weighted by atomic mass is 15.1. The van der Waals surface area contributed by atoms with Gasteiger partial charge in [0.05, 0.1) is 0 Å². The van der Waals surface area contributed by atoms with Crippen LogP contribution in [-0.4, -0.2) is 23.6 Å². The van der Waals surface area contributed by atoms with Crippen molar-refractivity contribution in [2.24, 2.45) is 11.8 Å². The van der Waals surface area contributed by atoms with Crippen molar-refractivity contribution in [2.45, 2.75) is 59.5 Å². The highest BCUT2D eigenvalue weighted by Crippen LogP contribution is 2.29. The summed E-state index contributed by atoms with van der Waals surface area (Å²) in [5.74, 6) is 1.70. The number of nitrogens with one attached hydrogen (secondary N) is 1. The lowest BCUT2D eigenvalue weighted by atomic mass is 9.86. The van der Waals surface area contributed by atoms with Crippen molar-refractivity contribution in [2.75, 3.05) is 18.0 Å². The molecule has 1 aliphatic heterocycles. The molecule has 1 aromatic heterocycles. The molecule has 3 nitrogen and oxygen atoms in total. The van der Waals surface area contributed by atoms with Crippen molar-refractivity contribution in [1.29, 1.82) is 0 Å². The van der Waals surface area contributed by atoms with Crippen LogP contribution in [0, 0.1) is 11.8 Å². The fourth-order valence-corrected chi connectivity index (χ4v) is 3.03.